The van der Waals surface area contributed by atoms with E-state index in [-0.39, 0.29) is 11.9 Å². The average Bonchev–Trinajstić information content (AvgIpc) is 3.01. The van der Waals surface area contributed by atoms with E-state index in [1.807, 2.05) is 30.3 Å². The van der Waals surface area contributed by atoms with Gasteiger partial charge in [0.15, 0.2) is 5.76 Å². The minimum atomic E-state index is -0.176. The second kappa shape index (κ2) is 6.73. The molecule has 0 radical (unpaired) electrons. The maximum absolute atomic E-state index is 12.9. The maximum Gasteiger partial charge on any atom is 0.287 e. The van der Waals surface area contributed by atoms with Crippen molar-refractivity contribution in [1.29, 1.82) is 0 Å². The molecule has 0 spiro atoms. The van der Waals surface area contributed by atoms with Crippen molar-refractivity contribution in [2.75, 3.05) is 7.11 Å². The van der Waals surface area contributed by atoms with Crippen LogP contribution in [-0.2, 0) is 17.8 Å². The fraction of sp³-hybridized carbons (Fsp3) is 0.286. The number of para-hydroxylation sites is 1. The molecule has 4 heteroatoms. The molecule has 0 aliphatic heterocycles. The Balaban J connectivity index is 1.66. The maximum atomic E-state index is 12.9. The molecule has 0 saturated carbocycles. The van der Waals surface area contributed by atoms with Gasteiger partial charge in [-0.2, -0.15) is 0 Å². The first-order chi connectivity index (χ1) is 12.3. The molecule has 1 heterocycles. The number of furan rings is 1. The van der Waals surface area contributed by atoms with Crippen molar-refractivity contribution >= 4 is 16.9 Å². The van der Waals surface area contributed by atoms with Crippen molar-refractivity contribution in [2.45, 2.75) is 31.9 Å². The molecular weight excluding hydrogens is 314 g/mol. The summed E-state index contributed by atoms with van der Waals surface area (Å²) in [4.78, 5) is 12.9. The number of rotatable bonds is 4. The number of fused-ring (bicyclic) bond motifs is 2. The van der Waals surface area contributed by atoms with Crippen molar-refractivity contribution in [1.82, 2.24) is 5.32 Å². The topological polar surface area (TPSA) is 51.5 Å². The van der Waals surface area contributed by atoms with Crippen LogP contribution in [-0.4, -0.2) is 13.0 Å². The third-order valence-electron chi connectivity index (χ3n) is 4.87. The van der Waals surface area contributed by atoms with E-state index in [1.165, 1.54) is 11.1 Å². The van der Waals surface area contributed by atoms with Crippen molar-refractivity contribution in [3.8, 4) is 0 Å². The first kappa shape index (κ1) is 15.9. The SMILES string of the molecule is COCc1c(C(=O)NC2CCCc3ccccc32)oc2ccccc12. The van der Waals surface area contributed by atoms with Crippen LogP contribution in [0.2, 0.25) is 0 Å². The monoisotopic (exact) mass is 335 g/mol. The minimum Gasteiger partial charge on any atom is -0.451 e. The summed E-state index contributed by atoms with van der Waals surface area (Å²) in [5.41, 5.74) is 4.05. The van der Waals surface area contributed by atoms with Gasteiger partial charge in [-0.05, 0) is 36.5 Å². The fourth-order valence-corrected chi connectivity index (χ4v) is 3.70. The van der Waals surface area contributed by atoms with Crippen molar-refractivity contribution < 1.29 is 13.9 Å². The highest BCUT2D eigenvalue weighted by atomic mass is 16.5. The largest absolute Gasteiger partial charge is 0.451 e. The van der Waals surface area contributed by atoms with Gasteiger partial charge in [-0.25, -0.2) is 0 Å². The smallest absolute Gasteiger partial charge is 0.287 e. The summed E-state index contributed by atoms with van der Waals surface area (Å²) in [6.07, 6.45) is 3.09. The number of benzene rings is 2. The molecule has 4 rings (SSSR count). The van der Waals surface area contributed by atoms with E-state index < -0.39 is 0 Å². The number of carbonyl (C=O) groups is 1. The highest BCUT2D eigenvalue weighted by molar-refractivity contribution is 5.99. The summed E-state index contributed by atoms with van der Waals surface area (Å²) in [7, 11) is 1.63. The van der Waals surface area contributed by atoms with Crippen LogP contribution in [0.1, 0.15) is 46.1 Å². The second-order valence-corrected chi connectivity index (χ2v) is 6.46. The van der Waals surface area contributed by atoms with Gasteiger partial charge in [0, 0.05) is 18.1 Å². The predicted molar refractivity (Wildman–Crippen MR) is 96.5 cm³/mol. The second-order valence-electron chi connectivity index (χ2n) is 6.46. The molecule has 128 valence electrons. The summed E-state index contributed by atoms with van der Waals surface area (Å²) in [6.45, 7) is 0.348. The van der Waals surface area contributed by atoms with Crippen LogP contribution < -0.4 is 5.32 Å². The molecule has 2 aromatic carbocycles. The molecule has 1 N–H and O–H groups in total. The number of carbonyl (C=O) groups excluding carboxylic acids is 1. The Kier molecular flexibility index (Phi) is 4.28. The Hall–Kier alpha value is -2.59. The number of hydrogen-bond donors (Lipinski definition) is 1. The Labute approximate surface area is 146 Å². The summed E-state index contributed by atoms with van der Waals surface area (Å²) < 4.78 is 11.1. The average molecular weight is 335 g/mol. The van der Waals surface area contributed by atoms with Crippen LogP contribution in [0, 0.1) is 0 Å². The number of aryl methyl sites for hydroxylation is 1. The van der Waals surface area contributed by atoms with Crippen LogP contribution >= 0.6 is 0 Å². The van der Waals surface area contributed by atoms with E-state index >= 15 is 0 Å². The molecule has 0 bridgehead atoms. The molecule has 25 heavy (non-hydrogen) atoms. The predicted octanol–water partition coefficient (Wildman–Crippen LogP) is 4.39. The highest BCUT2D eigenvalue weighted by Gasteiger charge is 2.26. The fourth-order valence-electron chi connectivity index (χ4n) is 3.70. The highest BCUT2D eigenvalue weighted by Crippen LogP contribution is 2.31. The van der Waals surface area contributed by atoms with Crippen LogP contribution in [0.3, 0.4) is 0 Å². The first-order valence-corrected chi connectivity index (χ1v) is 8.66. The molecule has 1 aliphatic rings. The van der Waals surface area contributed by atoms with Gasteiger partial charge in [-0.1, -0.05) is 42.5 Å². The molecule has 1 amide bonds. The van der Waals surface area contributed by atoms with Gasteiger partial charge in [0.1, 0.15) is 5.58 Å². The van der Waals surface area contributed by atoms with Crippen LogP contribution in [0.25, 0.3) is 11.0 Å². The summed E-state index contributed by atoms with van der Waals surface area (Å²) >= 11 is 0. The molecule has 1 aliphatic carbocycles. The number of amides is 1. The molecule has 3 aromatic rings. The molecule has 4 nitrogen and oxygen atoms in total. The Morgan fingerprint density at radius 2 is 2.00 bits per heavy atom. The lowest BCUT2D eigenvalue weighted by atomic mass is 9.87. The minimum absolute atomic E-state index is 0.0288. The Bertz CT molecular complexity index is 912. The lowest BCUT2D eigenvalue weighted by Crippen LogP contribution is -2.31. The third kappa shape index (κ3) is 2.94. The van der Waals surface area contributed by atoms with Gasteiger partial charge in [-0.3, -0.25) is 4.79 Å². The van der Waals surface area contributed by atoms with Gasteiger partial charge in [0.2, 0.25) is 0 Å². The molecular formula is C21H21NO3. The summed E-state index contributed by atoms with van der Waals surface area (Å²) in [5.74, 6) is 0.177. The number of nitrogens with one attached hydrogen (secondary N) is 1. The molecule has 1 aromatic heterocycles. The summed E-state index contributed by atoms with van der Waals surface area (Å²) in [6, 6.07) is 16.0. The van der Waals surface area contributed by atoms with Crippen LogP contribution in [0.4, 0.5) is 0 Å². The standard InChI is InChI=1S/C21H21NO3/c1-24-13-17-16-10-4-5-12-19(16)25-20(17)21(23)22-18-11-6-8-14-7-2-3-9-15(14)18/h2-5,7,9-10,12,18H,6,8,11,13H2,1H3,(H,22,23). The van der Waals surface area contributed by atoms with E-state index in [4.69, 9.17) is 9.15 Å². The quantitative estimate of drug-likeness (QED) is 0.769. The zero-order valence-corrected chi connectivity index (χ0v) is 14.2. The van der Waals surface area contributed by atoms with Crippen molar-refractivity contribution in [2.24, 2.45) is 0 Å². The van der Waals surface area contributed by atoms with E-state index in [0.717, 1.165) is 30.2 Å². The van der Waals surface area contributed by atoms with Gasteiger partial charge in [0.25, 0.3) is 5.91 Å². The van der Waals surface area contributed by atoms with E-state index in [0.29, 0.717) is 18.0 Å². The number of hydrogen-bond acceptors (Lipinski definition) is 3. The van der Waals surface area contributed by atoms with E-state index in [9.17, 15) is 4.79 Å². The molecule has 1 atom stereocenters. The summed E-state index contributed by atoms with van der Waals surface area (Å²) in [5, 5.41) is 4.09. The van der Waals surface area contributed by atoms with E-state index in [2.05, 4.69) is 23.5 Å². The Morgan fingerprint density at radius 1 is 1.20 bits per heavy atom. The zero-order chi connectivity index (χ0) is 17.2. The number of ether oxygens (including phenoxy) is 1. The van der Waals surface area contributed by atoms with Gasteiger partial charge >= 0.3 is 0 Å². The van der Waals surface area contributed by atoms with Gasteiger partial charge in [-0.15, -0.1) is 0 Å². The van der Waals surface area contributed by atoms with Crippen LogP contribution in [0.5, 0.6) is 0 Å². The van der Waals surface area contributed by atoms with Crippen LogP contribution in [0.15, 0.2) is 52.9 Å². The van der Waals surface area contributed by atoms with Gasteiger partial charge in [0.05, 0.1) is 12.6 Å². The third-order valence-corrected chi connectivity index (χ3v) is 4.87. The molecule has 0 saturated heterocycles. The van der Waals surface area contributed by atoms with Crippen molar-refractivity contribution in [3.63, 3.8) is 0 Å². The lowest BCUT2D eigenvalue weighted by molar-refractivity contribution is 0.0900. The van der Waals surface area contributed by atoms with Crippen molar-refractivity contribution in [3.05, 3.63) is 71.0 Å². The normalized spacial score (nSPS) is 16.6. The number of methoxy groups -OCH3 is 1. The Morgan fingerprint density at radius 3 is 2.88 bits per heavy atom. The van der Waals surface area contributed by atoms with E-state index in [1.54, 1.807) is 7.11 Å². The lowest BCUT2D eigenvalue weighted by Gasteiger charge is -2.26. The molecule has 1 unspecified atom stereocenters. The first-order valence-electron chi connectivity index (χ1n) is 8.66. The van der Waals surface area contributed by atoms with Gasteiger partial charge < -0.3 is 14.5 Å². The molecule has 0 fully saturated rings. The zero-order valence-electron chi connectivity index (χ0n) is 14.2.